The normalized spacial score (nSPS) is 23.6. The van der Waals surface area contributed by atoms with Gasteiger partial charge in [-0.2, -0.15) is 0 Å². The van der Waals surface area contributed by atoms with Crippen molar-refractivity contribution in [3.05, 3.63) is 126 Å². The average Bonchev–Trinajstić information content (AvgIpc) is 3.73. The number of hydrogen-bond acceptors (Lipinski definition) is 12. The molecule has 0 radical (unpaired) electrons. The Bertz CT molecular complexity index is 2260. The Hall–Kier alpha value is -4.07. The predicted octanol–water partition coefficient (Wildman–Crippen LogP) is 1.08. The zero-order valence-electron chi connectivity index (χ0n) is 31.6. The van der Waals surface area contributed by atoms with E-state index in [0.717, 1.165) is 14.9 Å². The second kappa shape index (κ2) is 16.1. The van der Waals surface area contributed by atoms with Gasteiger partial charge in [-0.05, 0) is 29.3 Å². The Morgan fingerprint density at radius 3 is 1.82 bits per heavy atom. The van der Waals surface area contributed by atoms with Crippen LogP contribution in [-0.2, 0) is 27.5 Å². The predicted molar refractivity (Wildman–Crippen MR) is 205 cm³/mol. The van der Waals surface area contributed by atoms with E-state index in [1.54, 1.807) is 6.92 Å². The quantitative estimate of drug-likeness (QED) is 0.0941. The number of nitrogens with one attached hydrogen (secondary N) is 2. The van der Waals surface area contributed by atoms with Gasteiger partial charge in [-0.1, -0.05) is 81.4 Å². The van der Waals surface area contributed by atoms with Crippen molar-refractivity contribution in [2.75, 3.05) is 19.8 Å². The molecule has 2 aromatic heterocycles. The lowest BCUT2D eigenvalue weighted by Gasteiger charge is -2.45. The molecule has 2 fully saturated rings. The van der Waals surface area contributed by atoms with Gasteiger partial charge in [0, 0.05) is 36.4 Å². The number of phosphoric ester groups is 1. The number of aliphatic hydroxyl groups excluding tert-OH is 2. The molecule has 5 N–H and O–H groups in total. The zero-order valence-corrected chi connectivity index (χ0v) is 33.5. The highest BCUT2D eigenvalue weighted by molar-refractivity contribution is 7.47. The Morgan fingerprint density at radius 1 is 0.839 bits per heavy atom. The van der Waals surface area contributed by atoms with E-state index in [1.807, 2.05) is 60.7 Å². The number of phosphoric acid groups is 1. The van der Waals surface area contributed by atoms with Gasteiger partial charge in [0.2, 0.25) is 0 Å². The fourth-order valence-electron chi connectivity index (χ4n) is 7.45. The lowest BCUT2D eigenvalue weighted by Crippen LogP contribution is -2.68. The number of hydrogen-bond donors (Lipinski definition) is 5. The van der Waals surface area contributed by atoms with Crippen LogP contribution in [0, 0.1) is 13.8 Å². The van der Waals surface area contributed by atoms with Gasteiger partial charge in [-0.25, -0.2) is 14.2 Å². The minimum absolute atomic E-state index is 0.0874. The van der Waals surface area contributed by atoms with Gasteiger partial charge in [0.15, 0.2) is 0 Å². The Balaban J connectivity index is 1.33. The van der Waals surface area contributed by atoms with Crippen LogP contribution in [0.4, 0.5) is 0 Å². The van der Waals surface area contributed by atoms with E-state index in [-0.39, 0.29) is 24.0 Å². The molecule has 2 saturated heterocycles. The van der Waals surface area contributed by atoms with Crippen LogP contribution in [0.2, 0.25) is 5.04 Å². The molecule has 0 saturated carbocycles. The third kappa shape index (κ3) is 8.04. The Kier molecular flexibility index (Phi) is 11.9. The molecule has 4 aromatic rings. The molecule has 17 nitrogen and oxygen atoms in total. The molecule has 2 aromatic carbocycles. The second-order valence-electron chi connectivity index (χ2n) is 15.2. The summed E-state index contributed by atoms with van der Waals surface area (Å²) < 4.78 is 46.7. The number of nitrogens with zero attached hydrogens (tertiary/aromatic N) is 2. The van der Waals surface area contributed by atoms with E-state index in [2.05, 4.69) is 30.7 Å². The van der Waals surface area contributed by atoms with Crippen molar-refractivity contribution in [1.82, 2.24) is 19.1 Å². The van der Waals surface area contributed by atoms with E-state index in [0.29, 0.717) is 0 Å². The first-order valence-electron chi connectivity index (χ1n) is 18.1. The Labute approximate surface area is 322 Å². The van der Waals surface area contributed by atoms with Crippen molar-refractivity contribution in [1.29, 1.82) is 0 Å². The molecule has 19 heteroatoms. The van der Waals surface area contributed by atoms with Gasteiger partial charge in [-0.15, -0.1) is 0 Å². The Morgan fingerprint density at radius 2 is 1.34 bits per heavy atom. The molecule has 0 spiro atoms. The number of benzene rings is 2. The van der Waals surface area contributed by atoms with Crippen molar-refractivity contribution >= 4 is 26.5 Å². The fourth-order valence-corrected chi connectivity index (χ4v) is 13.2. The monoisotopic (exact) mass is 814 g/mol. The van der Waals surface area contributed by atoms with Crippen LogP contribution in [0.5, 0.6) is 0 Å². The summed E-state index contributed by atoms with van der Waals surface area (Å²) in [6.07, 6.45) is -3.16. The van der Waals surface area contributed by atoms with Gasteiger partial charge < -0.3 is 29.0 Å². The maximum Gasteiger partial charge on any atom is 0.472 e. The molecule has 302 valence electrons. The standard InChI is InChI=1S/C37H47N4O13PSi/c1-23-18-40(34(46)38-32(23)44)30-16-27(54-56(36(3,4)5,25-12-8-6-9-13-25)26-14-10-7-11-15-26)28(51-30)20-50-55(48,49)53-29-17-31(52-37(29,21-42)22-43)41-19-24(2)33(45)39-35(41)47/h6-15,18-19,27-31,42-43H,16-17,20-22H2,1-5H3,(H,48,49)(H,38,44,46)(H,39,45,47)/t27-,28+,29-,30+,31+/m0/s1. The molecule has 2 aliphatic heterocycles. The lowest BCUT2D eigenvalue weighted by atomic mass is 9.99. The smallest absolute Gasteiger partial charge is 0.402 e. The molecule has 0 amide bonds. The van der Waals surface area contributed by atoms with Gasteiger partial charge in [0.1, 0.15) is 30.3 Å². The summed E-state index contributed by atoms with van der Waals surface area (Å²) in [7, 11) is -8.35. The molecule has 0 bridgehead atoms. The summed E-state index contributed by atoms with van der Waals surface area (Å²) in [5.41, 5.74) is -4.23. The van der Waals surface area contributed by atoms with Gasteiger partial charge in [-0.3, -0.25) is 37.7 Å². The maximum absolute atomic E-state index is 13.7. The third-order valence-corrected chi connectivity index (χ3v) is 16.5. The van der Waals surface area contributed by atoms with E-state index < -0.39 is 99.9 Å². The molecule has 2 aliphatic rings. The second-order valence-corrected chi connectivity index (χ2v) is 20.8. The van der Waals surface area contributed by atoms with Crippen molar-refractivity contribution < 1.29 is 42.6 Å². The molecule has 56 heavy (non-hydrogen) atoms. The molecule has 1 unspecified atom stereocenters. The van der Waals surface area contributed by atoms with E-state index in [1.165, 1.54) is 23.9 Å². The number of aromatic nitrogens is 4. The fraction of sp³-hybridized carbons (Fsp3) is 0.459. The first-order valence-corrected chi connectivity index (χ1v) is 21.5. The van der Waals surface area contributed by atoms with Crippen LogP contribution in [0.25, 0.3) is 0 Å². The highest BCUT2D eigenvalue weighted by atomic mass is 31.2. The summed E-state index contributed by atoms with van der Waals surface area (Å²) in [6, 6.07) is 19.5. The molecular weight excluding hydrogens is 767 g/mol. The van der Waals surface area contributed by atoms with Gasteiger partial charge in [0.05, 0.1) is 25.9 Å². The molecular formula is C37H47N4O13PSi. The first-order chi connectivity index (χ1) is 26.4. The van der Waals surface area contributed by atoms with Crippen molar-refractivity contribution in [2.24, 2.45) is 0 Å². The molecule has 6 atom stereocenters. The summed E-state index contributed by atoms with van der Waals surface area (Å²) in [5.74, 6) is 0. The summed E-state index contributed by atoms with van der Waals surface area (Å²) in [5, 5.41) is 22.0. The van der Waals surface area contributed by atoms with Crippen LogP contribution in [0.3, 0.4) is 0 Å². The van der Waals surface area contributed by atoms with Gasteiger partial charge >= 0.3 is 19.2 Å². The highest BCUT2D eigenvalue weighted by Gasteiger charge is 2.55. The van der Waals surface area contributed by atoms with Crippen molar-refractivity contribution in [3.8, 4) is 0 Å². The van der Waals surface area contributed by atoms with Crippen LogP contribution in [0.15, 0.2) is 92.2 Å². The van der Waals surface area contributed by atoms with E-state index in [9.17, 15) is 38.8 Å². The lowest BCUT2D eigenvalue weighted by molar-refractivity contribution is -0.149. The number of rotatable bonds is 13. The zero-order chi connectivity index (χ0) is 40.6. The van der Waals surface area contributed by atoms with Crippen LogP contribution >= 0.6 is 7.82 Å². The summed E-state index contributed by atoms with van der Waals surface area (Å²) in [4.78, 5) is 65.5. The number of aryl methyl sites for hydroxylation is 2. The largest absolute Gasteiger partial charge is 0.472 e. The van der Waals surface area contributed by atoms with Crippen LogP contribution in [0.1, 0.15) is 57.2 Å². The van der Waals surface area contributed by atoms with E-state index >= 15 is 0 Å². The minimum atomic E-state index is -5.08. The van der Waals surface area contributed by atoms with E-state index in [4.69, 9.17) is 22.9 Å². The first kappa shape index (κ1) is 41.6. The maximum atomic E-state index is 13.7. The number of H-pyrrole nitrogens is 2. The molecule has 6 rings (SSSR count). The molecule has 4 heterocycles. The SMILES string of the molecule is Cc1cn([C@H]2C[C@H](O[Si](c3ccccc3)(c3ccccc3)C(C)(C)C)[C@@H](COP(=O)(O)O[C@H]3C[C@H](n4cc(C)c(=O)[nH]c4=O)OC3(CO)CO)O2)c(=O)[nH]c1=O. The number of aromatic amines is 2. The van der Waals surface area contributed by atoms with Crippen LogP contribution in [-0.4, -0.2) is 86.3 Å². The highest BCUT2D eigenvalue weighted by Crippen LogP contribution is 2.51. The van der Waals surface area contributed by atoms with Crippen molar-refractivity contribution in [2.45, 2.75) is 88.9 Å². The van der Waals surface area contributed by atoms with Crippen molar-refractivity contribution in [3.63, 3.8) is 0 Å². The summed E-state index contributed by atoms with van der Waals surface area (Å²) in [6.45, 7) is 6.95. The van der Waals surface area contributed by atoms with Crippen LogP contribution < -0.4 is 32.9 Å². The number of aliphatic hydroxyl groups is 2. The average molecular weight is 815 g/mol. The summed E-state index contributed by atoms with van der Waals surface area (Å²) >= 11 is 0. The van der Waals surface area contributed by atoms with Gasteiger partial charge in [0.25, 0.3) is 19.4 Å². The molecule has 0 aliphatic carbocycles. The number of ether oxygens (including phenoxy) is 2. The minimum Gasteiger partial charge on any atom is -0.402 e. The topological polar surface area (TPSA) is 234 Å². The third-order valence-electron chi connectivity index (χ3n) is 10.4.